The van der Waals surface area contributed by atoms with E-state index >= 15 is 0 Å². The van der Waals surface area contributed by atoms with E-state index in [9.17, 15) is 4.39 Å². The van der Waals surface area contributed by atoms with Crippen LogP contribution in [0.5, 0.6) is 5.75 Å². The van der Waals surface area contributed by atoms with Crippen molar-refractivity contribution in [1.82, 2.24) is 4.90 Å². The van der Waals surface area contributed by atoms with Crippen LogP contribution >= 0.6 is 0 Å². The molecule has 0 aliphatic carbocycles. The van der Waals surface area contributed by atoms with Gasteiger partial charge in [0.25, 0.3) is 0 Å². The summed E-state index contributed by atoms with van der Waals surface area (Å²) < 4.78 is 24.5. The van der Waals surface area contributed by atoms with Crippen molar-refractivity contribution in [3.05, 3.63) is 66.0 Å². The molecule has 1 aliphatic rings. The van der Waals surface area contributed by atoms with Crippen molar-refractivity contribution in [3.8, 4) is 5.75 Å². The third kappa shape index (κ3) is 4.06. The van der Waals surface area contributed by atoms with Crippen LogP contribution in [-0.2, 0) is 4.74 Å². The molecule has 2 aromatic carbocycles. The molecule has 4 heteroatoms. The number of ether oxygens (including phenoxy) is 2. The van der Waals surface area contributed by atoms with Gasteiger partial charge in [0.2, 0.25) is 0 Å². The highest BCUT2D eigenvalue weighted by molar-refractivity contribution is 5.21. The predicted octanol–water partition coefficient (Wildman–Crippen LogP) is 3.28. The Hall–Kier alpha value is -1.91. The number of hydrogen-bond donors (Lipinski definition) is 0. The molecule has 0 spiro atoms. The summed E-state index contributed by atoms with van der Waals surface area (Å²) in [5, 5.41) is 0. The van der Waals surface area contributed by atoms with E-state index in [1.54, 1.807) is 12.1 Å². The Kier molecular flexibility index (Phi) is 5.03. The lowest BCUT2D eigenvalue weighted by atomic mass is 10.1. The minimum Gasteiger partial charge on any atom is -0.492 e. The van der Waals surface area contributed by atoms with Gasteiger partial charge in [0.1, 0.15) is 18.2 Å². The van der Waals surface area contributed by atoms with Gasteiger partial charge < -0.3 is 9.47 Å². The summed E-state index contributed by atoms with van der Waals surface area (Å²) in [5.74, 6) is 0.679. The van der Waals surface area contributed by atoms with Gasteiger partial charge in [-0.25, -0.2) is 4.39 Å². The van der Waals surface area contributed by atoms with E-state index in [1.165, 1.54) is 12.1 Å². The van der Waals surface area contributed by atoms with E-state index in [2.05, 4.69) is 4.90 Å². The number of para-hydroxylation sites is 1. The maximum atomic E-state index is 13.0. The summed E-state index contributed by atoms with van der Waals surface area (Å²) in [6.45, 7) is 3.91. The van der Waals surface area contributed by atoms with Crippen LogP contribution in [0, 0.1) is 5.82 Å². The Labute approximate surface area is 130 Å². The fraction of sp³-hybridized carbons (Fsp3) is 0.333. The van der Waals surface area contributed by atoms with Gasteiger partial charge in [-0.05, 0) is 29.8 Å². The average Bonchev–Trinajstić information content (AvgIpc) is 2.57. The quantitative estimate of drug-likeness (QED) is 0.846. The van der Waals surface area contributed by atoms with Crippen LogP contribution in [0.15, 0.2) is 54.6 Å². The van der Waals surface area contributed by atoms with Gasteiger partial charge in [-0.15, -0.1) is 0 Å². The van der Waals surface area contributed by atoms with Gasteiger partial charge in [-0.1, -0.05) is 30.3 Å². The maximum Gasteiger partial charge on any atom is 0.123 e. The van der Waals surface area contributed by atoms with Gasteiger partial charge in [0.15, 0.2) is 0 Å². The first-order valence-corrected chi connectivity index (χ1v) is 7.58. The minimum atomic E-state index is -0.215. The summed E-state index contributed by atoms with van der Waals surface area (Å²) in [6.07, 6.45) is 0.00563. The fourth-order valence-electron chi connectivity index (χ4n) is 2.59. The number of hydrogen-bond acceptors (Lipinski definition) is 3. The van der Waals surface area contributed by atoms with E-state index in [4.69, 9.17) is 9.47 Å². The fourth-order valence-corrected chi connectivity index (χ4v) is 2.59. The molecule has 1 fully saturated rings. The SMILES string of the molecule is Fc1ccc(C2CN(CCOc3ccccc3)CCO2)cc1. The Bertz CT molecular complexity index is 573. The summed E-state index contributed by atoms with van der Waals surface area (Å²) in [4.78, 5) is 2.32. The molecule has 0 amide bonds. The maximum absolute atomic E-state index is 13.0. The second kappa shape index (κ2) is 7.38. The zero-order valence-electron chi connectivity index (χ0n) is 12.5. The number of halogens is 1. The lowest BCUT2D eigenvalue weighted by Gasteiger charge is -2.33. The summed E-state index contributed by atoms with van der Waals surface area (Å²) >= 11 is 0. The zero-order chi connectivity index (χ0) is 15.2. The first-order valence-electron chi connectivity index (χ1n) is 7.58. The largest absolute Gasteiger partial charge is 0.492 e. The molecule has 116 valence electrons. The second-order valence-electron chi connectivity index (χ2n) is 5.37. The van der Waals surface area contributed by atoms with Crippen molar-refractivity contribution in [2.45, 2.75) is 6.10 Å². The third-order valence-electron chi connectivity index (χ3n) is 3.81. The molecule has 3 nitrogen and oxygen atoms in total. The average molecular weight is 301 g/mol. The molecule has 0 radical (unpaired) electrons. The van der Waals surface area contributed by atoms with E-state index < -0.39 is 0 Å². The number of morpholine rings is 1. The van der Waals surface area contributed by atoms with Crippen molar-refractivity contribution < 1.29 is 13.9 Å². The van der Waals surface area contributed by atoms with E-state index in [1.807, 2.05) is 30.3 Å². The molecule has 0 saturated carbocycles. The number of benzene rings is 2. The highest BCUT2D eigenvalue weighted by Crippen LogP contribution is 2.22. The highest BCUT2D eigenvalue weighted by atomic mass is 19.1. The molecule has 0 bridgehead atoms. The summed E-state index contributed by atoms with van der Waals surface area (Å²) in [5.41, 5.74) is 1.02. The highest BCUT2D eigenvalue weighted by Gasteiger charge is 2.21. The van der Waals surface area contributed by atoms with Gasteiger partial charge in [0.05, 0.1) is 12.7 Å². The molecule has 1 saturated heterocycles. The van der Waals surface area contributed by atoms with Crippen LogP contribution in [0.25, 0.3) is 0 Å². The van der Waals surface area contributed by atoms with Crippen LogP contribution in [-0.4, -0.2) is 37.7 Å². The normalized spacial score (nSPS) is 19.0. The van der Waals surface area contributed by atoms with Crippen molar-refractivity contribution in [2.75, 3.05) is 32.8 Å². The summed E-state index contributed by atoms with van der Waals surface area (Å²) in [6, 6.07) is 16.4. The van der Waals surface area contributed by atoms with Crippen LogP contribution in [0.2, 0.25) is 0 Å². The van der Waals surface area contributed by atoms with Crippen molar-refractivity contribution >= 4 is 0 Å². The lowest BCUT2D eigenvalue weighted by Crippen LogP contribution is -2.40. The van der Waals surface area contributed by atoms with E-state index in [0.29, 0.717) is 13.2 Å². The van der Waals surface area contributed by atoms with Crippen molar-refractivity contribution in [2.24, 2.45) is 0 Å². The number of nitrogens with zero attached hydrogens (tertiary/aromatic N) is 1. The van der Waals surface area contributed by atoms with Gasteiger partial charge in [-0.3, -0.25) is 4.90 Å². The molecule has 0 aromatic heterocycles. The Morgan fingerprint density at radius 2 is 1.86 bits per heavy atom. The first kappa shape index (κ1) is 15.0. The van der Waals surface area contributed by atoms with Gasteiger partial charge in [-0.2, -0.15) is 0 Å². The van der Waals surface area contributed by atoms with Crippen molar-refractivity contribution in [1.29, 1.82) is 0 Å². The first-order chi connectivity index (χ1) is 10.8. The van der Waals surface area contributed by atoms with Crippen LogP contribution < -0.4 is 4.74 Å². The molecular weight excluding hydrogens is 281 g/mol. The Morgan fingerprint density at radius 3 is 2.64 bits per heavy atom. The zero-order valence-corrected chi connectivity index (χ0v) is 12.5. The predicted molar refractivity (Wildman–Crippen MR) is 83.5 cm³/mol. The third-order valence-corrected chi connectivity index (χ3v) is 3.81. The van der Waals surface area contributed by atoms with E-state index in [-0.39, 0.29) is 11.9 Å². The van der Waals surface area contributed by atoms with E-state index in [0.717, 1.165) is 30.9 Å². The smallest absolute Gasteiger partial charge is 0.123 e. The molecule has 22 heavy (non-hydrogen) atoms. The lowest BCUT2D eigenvalue weighted by molar-refractivity contribution is -0.0329. The molecule has 1 aliphatic heterocycles. The van der Waals surface area contributed by atoms with Crippen molar-refractivity contribution in [3.63, 3.8) is 0 Å². The molecule has 0 N–H and O–H groups in total. The van der Waals surface area contributed by atoms with Gasteiger partial charge in [0, 0.05) is 19.6 Å². The van der Waals surface area contributed by atoms with Gasteiger partial charge >= 0.3 is 0 Å². The number of rotatable bonds is 5. The Morgan fingerprint density at radius 1 is 1.09 bits per heavy atom. The van der Waals surface area contributed by atoms with Crippen LogP contribution in [0.3, 0.4) is 0 Å². The topological polar surface area (TPSA) is 21.7 Å². The molecule has 2 aromatic rings. The summed E-state index contributed by atoms with van der Waals surface area (Å²) in [7, 11) is 0. The minimum absolute atomic E-state index is 0.00563. The molecule has 1 unspecified atom stereocenters. The molecule has 3 rings (SSSR count). The van der Waals surface area contributed by atoms with Crippen LogP contribution in [0.4, 0.5) is 4.39 Å². The molecule has 1 atom stereocenters. The standard InChI is InChI=1S/C18H20FNO2/c19-16-8-6-15(7-9-16)18-14-20(11-13-22-18)10-12-21-17-4-2-1-3-5-17/h1-9,18H,10-14H2. The van der Waals surface area contributed by atoms with Crippen LogP contribution in [0.1, 0.15) is 11.7 Å². The molecular formula is C18H20FNO2. The second-order valence-corrected chi connectivity index (χ2v) is 5.37. The Balaban J connectivity index is 1.49. The molecule has 1 heterocycles. The monoisotopic (exact) mass is 301 g/mol.